The fraction of sp³-hybridized carbons (Fsp3) is 0.862. The third-order valence-electron chi connectivity index (χ3n) is 10.8. The van der Waals surface area contributed by atoms with E-state index in [9.17, 15) is 10.2 Å². The zero-order valence-electron chi connectivity index (χ0n) is 21.0. The maximum absolute atomic E-state index is 11.1. The topological polar surface area (TPSA) is 40.5 Å². The van der Waals surface area contributed by atoms with Gasteiger partial charge in [0, 0.05) is 0 Å². The first-order valence-electron chi connectivity index (χ1n) is 13.4. The van der Waals surface area contributed by atoms with Crippen molar-refractivity contribution in [2.45, 2.75) is 105 Å². The molecule has 0 spiro atoms. The van der Waals surface area contributed by atoms with E-state index in [0.29, 0.717) is 29.1 Å². The van der Waals surface area contributed by atoms with E-state index in [-0.39, 0.29) is 17.6 Å². The number of hydrogen-bond donors (Lipinski definition) is 2. The Balaban J connectivity index is 1.55. The summed E-state index contributed by atoms with van der Waals surface area (Å²) in [5.41, 5.74) is 1.68. The van der Waals surface area contributed by atoms with Crippen molar-refractivity contribution in [3.63, 3.8) is 0 Å². The summed E-state index contributed by atoms with van der Waals surface area (Å²) in [6, 6.07) is 0. The van der Waals surface area contributed by atoms with Crippen LogP contribution in [0.4, 0.5) is 0 Å². The molecule has 0 aromatic carbocycles. The van der Waals surface area contributed by atoms with E-state index in [1.54, 1.807) is 0 Å². The van der Waals surface area contributed by atoms with Gasteiger partial charge >= 0.3 is 0 Å². The summed E-state index contributed by atoms with van der Waals surface area (Å²) in [5.74, 6) is 4.91. The summed E-state index contributed by atoms with van der Waals surface area (Å²) in [5, 5.41) is 21.4. The zero-order chi connectivity index (χ0) is 22.6. The van der Waals surface area contributed by atoms with Crippen LogP contribution in [-0.4, -0.2) is 22.4 Å². The Morgan fingerprint density at radius 1 is 1.00 bits per heavy atom. The first-order chi connectivity index (χ1) is 14.6. The van der Waals surface area contributed by atoms with Crippen LogP contribution >= 0.6 is 0 Å². The minimum absolute atomic E-state index is 0.0953. The van der Waals surface area contributed by atoms with E-state index >= 15 is 0 Å². The molecule has 0 heterocycles. The van der Waals surface area contributed by atoms with Crippen LogP contribution < -0.4 is 0 Å². The fourth-order valence-electron chi connectivity index (χ4n) is 8.94. The molecule has 0 saturated heterocycles. The van der Waals surface area contributed by atoms with Crippen LogP contribution in [0.3, 0.4) is 0 Å². The predicted molar refractivity (Wildman–Crippen MR) is 130 cm³/mol. The van der Waals surface area contributed by atoms with Gasteiger partial charge in [-0.25, -0.2) is 0 Å². The first kappa shape index (κ1) is 23.6. The van der Waals surface area contributed by atoms with Gasteiger partial charge in [-0.05, 0) is 109 Å². The fourth-order valence-corrected chi connectivity index (χ4v) is 8.94. The maximum atomic E-state index is 11.1. The summed E-state index contributed by atoms with van der Waals surface area (Å²) < 4.78 is 0. The van der Waals surface area contributed by atoms with Crippen molar-refractivity contribution in [1.29, 1.82) is 0 Å². The molecule has 4 aliphatic carbocycles. The van der Waals surface area contributed by atoms with Crippen LogP contribution in [-0.2, 0) is 0 Å². The van der Waals surface area contributed by atoms with E-state index in [0.717, 1.165) is 37.0 Å². The molecule has 0 bridgehead atoms. The molecule has 31 heavy (non-hydrogen) atoms. The number of allylic oxidation sites excluding steroid dienone is 2. The Bertz CT molecular complexity index is 708. The van der Waals surface area contributed by atoms with Crippen LogP contribution in [0.25, 0.3) is 0 Å². The number of rotatable bonds is 5. The minimum atomic E-state index is -0.357. The maximum Gasteiger partial charge on any atom is 0.0759 e. The molecule has 2 nitrogen and oxygen atoms in total. The molecule has 2 heteroatoms. The molecule has 4 aliphatic rings. The highest BCUT2D eigenvalue weighted by atomic mass is 16.3. The van der Waals surface area contributed by atoms with Crippen molar-refractivity contribution >= 4 is 0 Å². The highest BCUT2D eigenvalue weighted by Gasteiger charge is 2.60. The summed E-state index contributed by atoms with van der Waals surface area (Å²) in [6.45, 7) is 14.5. The standard InChI is InChI=1S/C29H48O2/c1-7-20(18(2)3)9-8-19(4)23-10-11-24-22-17-27(31)26-16-21(30)12-14-29(26,6)25(22)13-15-28(23,24)5/h8-9,16,18-25,27,30-31H,7,10-15,17H2,1-6H3/t19?,20?,21?,22-,23-,24+,25+,27?,28+,29+/m0/s1. The van der Waals surface area contributed by atoms with Crippen molar-refractivity contribution in [1.82, 2.24) is 0 Å². The van der Waals surface area contributed by atoms with Gasteiger partial charge in [0.05, 0.1) is 12.2 Å². The summed E-state index contributed by atoms with van der Waals surface area (Å²) in [4.78, 5) is 0. The van der Waals surface area contributed by atoms with Gasteiger partial charge in [-0.3, -0.25) is 0 Å². The molecule has 0 aromatic heterocycles. The molecule has 4 unspecified atom stereocenters. The van der Waals surface area contributed by atoms with Crippen molar-refractivity contribution in [3.05, 3.63) is 23.8 Å². The highest BCUT2D eigenvalue weighted by molar-refractivity contribution is 5.29. The summed E-state index contributed by atoms with van der Waals surface area (Å²) >= 11 is 0. The van der Waals surface area contributed by atoms with E-state index < -0.39 is 0 Å². The SMILES string of the molecule is CCC(C=CC(C)[C@@H]1CC[C@@H]2[C@@H]3CC(O)C4=CC(O)CC[C@]4(C)[C@@H]3CC[C@@]21C)C(C)C. The lowest BCUT2D eigenvalue weighted by Crippen LogP contribution is -2.54. The Labute approximate surface area is 191 Å². The minimum Gasteiger partial charge on any atom is -0.389 e. The van der Waals surface area contributed by atoms with Gasteiger partial charge in [-0.15, -0.1) is 0 Å². The molecule has 2 N–H and O–H groups in total. The lowest BCUT2D eigenvalue weighted by atomic mass is 9.46. The smallest absolute Gasteiger partial charge is 0.0759 e. The van der Waals surface area contributed by atoms with Gasteiger partial charge in [0.15, 0.2) is 0 Å². The molecule has 0 amide bonds. The van der Waals surface area contributed by atoms with Gasteiger partial charge in [0.25, 0.3) is 0 Å². The number of aliphatic hydroxyl groups is 2. The van der Waals surface area contributed by atoms with Crippen LogP contribution in [0.5, 0.6) is 0 Å². The van der Waals surface area contributed by atoms with E-state index in [4.69, 9.17) is 0 Å². The van der Waals surface area contributed by atoms with Crippen LogP contribution in [0, 0.1) is 52.3 Å². The van der Waals surface area contributed by atoms with E-state index in [1.807, 2.05) is 6.08 Å². The summed E-state index contributed by atoms with van der Waals surface area (Å²) in [7, 11) is 0. The van der Waals surface area contributed by atoms with Gasteiger partial charge in [-0.2, -0.15) is 0 Å². The molecule has 0 aliphatic heterocycles. The van der Waals surface area contributed by atoms with E-state index in [2.05, 4.69) is 53.7 Å². The van der Waals surface area contributed by atoms with Gasteiger partial charge in [-0.1, -0.05) is 59.8 Å². The second-order valence-corrected chi connectivity index (χ2v) is 12.6. The normalized spacial score (nSPS) is 46.9. The number of aliphatic hydroxyl groups excluding tert-OH is 2. The van der Waals surface area contributed by atoms with Crippen molar-refractivity contribution < 1.29 is 10.2 Å². The highest BCUT2D eigenvalue weighted by Crippen LogP contribution is 2.67. The van der Waals surface area contributed by atoms with Crippen LogP contribution in [0.15, 0.2) is 23.8 Å². The molecular weight excluding hydrogens is 380 g/mol. The van der Waals surface area contributed by atoms with Crippen molar-refractivity contribution in [3.8, 4) is 0 Å². The molecule has 3 saturated carbocycles. The van der Waals surface area contributed by atoms with Gasteiger partial charge < -0.3 is 10.2 Å². The molecule has 176 valence electrons. The number of fused-ring (bicyclic) bond motifs is 5. The average Bonchev–Trinajstić information content (AvgIpc) is 3.07. The predicted octanol–water partition coefficient (Wildman–Crippen LogP) is 6.77. The first-order valence-corrected chi connectivity index (χ1v) is 13.4. The Morgan fingerprint density at radius 3 is 2.42 bits per heavy atom. The molecule has 0 radical (unpaired) electrons. The third kappa shape index (κ3) is 3.88. The quantitative estimate of drug-likeness (QED) is 0.474. The molecule has 3 fully saturated rings. The van der Waals surface area contributed by atoms with Crippen LogP contribution in [0.1, 0.15) is 92.9 Å². The van der Waals surface area contributed by atoms with Crippen LogP contribution in [0.2, 0.25) is 0 Å². The molecule has 0 aromatic rings. The molecule has 4 rings (SSSR count). The van der Waals surface area contributed by atoms with E-state index in [1.165, 1.54) is 37.7 Å². The van der Waals surface area contributed by atoms with Gasteiger partial charge in [0.2, 0.25) is 0 Å². The van der Waals surface area contributed by atoms with Crippen molar-refractivity contribution in [2.75, 3.05) is 0 Å². The molecule has 10 atom stereocenters. The zero-order valence-corrected chi connectivity index (χ0v) is 21.0. The summed E-state index contributed by atoms with van der Waals surface area (Å²) in [6.07, 6.45) is 15.8. The second-order valence-electron chi connectivity index (χ2n) is 12.6. The monoisotopic (exact) mass is 428 g/mol. The lowest BCUT2D eigenvalue weighted by Gasteiger charge is -2.59. The largest absolute Gasteiger partial charge is 0.389 e. The average molecular weight is 429 g/mol. The Morgan fingerprint density at radius 2 is 1.74 bits per heavy atom. The lowest BCUT2D eigenvalue weighted by molar-refractivity contribution is -0.0852. The molecular formula is C29H48O2. The third-order valence-corrected chi connectivity index (χ3v) is 10.8. The second kappa shape index (κ2) is 8.64. The Hall–Kier alpha value is -0.600. The number of hydrogen-bond acceptors (Lipinski definition) is 2. The van der Waals surface area contributed by atoms with Crippen molar-refractivity contribution in [2.24, 2.45) is 52.3 Å². The Kier molecular flexibility index (Phi) is 6.56. The van der Waals surface area contributed by atoms with Gasteiger partial charge in [0.1, 0.15) is 0 Å².